The highest BCUT2D eigenvalue weighted by Gasteiger charge is 2.39. The van der Waals surface area contributed by atoms with Crippen LogP contribution in [-0.4, -0.2) is 34.0 Å². The summed E-state index contributed by atoms with van der Waals surface area (Å²) in [4.78, 5) is 13.7. The molecule has 0 heterocycles. The second-order valence-electron chi connectivity index (χ2n) is 5.53. The molecule has 1 saturated carbocycles. The molecule has 0 bridgehead atoms. The Morgan fingerprint density at radius 1 is 1.35 bits per heavy atom. The summed E-state index contributed by atoms with van der Waals surface area (Å²) in [6.07, 6.45) is 1.88. The van der Waals surface area contributed by atoms with Gasteiger partial charge in [-0.15, -0.1) is 0 Å². The van der Waals surface area contributed by atoms with Gasteiger partial charge in [-0.2, -0.15) is 0 Å². The van der Waals surface area contributed by atoms with Crippen molar-refractivity contribution in [3.63, 3.8) is 0 Å². The summed E-state index contributed by atoms with van der Waals surface area (Å²) in [6.45, 7) is 1.96. The normalized spacial score (nSPS) is 16.6. The number of rotatable bonds is 4. The standard InChI is InChI=1S/C13H17ClN2O3S/c1-13(6-7-13)15-12(17)9-4-5-10(16(2)3)11(8-9)20(14,18)19/h4-5,8H,6-7H2,1-3H3,(H,15,17). The van der Waals surface area contributed by atoms with Gasteiger partial charge in [0, 0.05) is 35.9 Å². The van der Waals surface area contributed by atoms with Gasteiger partial charge in [-0.3, -0.25) is 4.79 Å². The molecule has 0 saturated heterocycles. The quantitative estimate of drug-likeness (QED) is 0.862. The summed E-state index contributed by atoms with van der Waals surface area (Å²) in [5.74, 6) is -0.281. The molecule has 5 nitrogen and oxygen atoms in total. The molecule has 0 aromatic heterocycles. The lowest BCUT2D eigenvalue weighted by Gasteiger charge is -2.17. The van der Waals surface area contributed by atoms with E-state index in [1.54, 1.807) is 31.1 Å². The van der Waals surface area contributed by atoms with Gasteiger partial charge in [0.15, 0.2) is 0 Å². The molecule has 1 fully saturated rings. The predicted octanol–water partition coefficient (Wildman–Crippen LogP) is 1.96. The van der Waals surface area contributed by atoms with Crippen LogP contribution in [0.3, 0.4) is 0 Å². The molecule has 1 aromatic carbocycles. The summed E-state index contributed by atoms with van der Waals surface area (Å²) in [7, 11) is 4.96. The molecule has 1 aliphatic carbocycles. The zero-order valence-electron chi connectivity index (χ0n) is 11.6. The van der Waals surface area contributed by atoms with Gasteiger partial charge >= 0.3 is 0 Å². The lowest BCUT2D eigenvalue weighted by atomic mass is 10.1. The summed E-state index contributed by atoms with van der Waals surface area (Å²) < 4.78 is 23.3. The number of nitrogens with zero attached hydrogens (tertiary/aromatic N) is 1. The third-order valence-electron chi connectivity index (χ3n) is 3.38. The number of anilines is 1. The maximum Gasteiger partial charge on any atom is 0.263 e. The van der Waals surface area contributed by atoms with Crippen molar-refractivity contribution in [3.05, 3.63) is 23.8 Å². The van der Waals surface area contributed by atoms with E-state index in [1.807, 2.05) is 6.92 Å². The van der Waals surface area contributed by atoms with Gasteiger partial charge in [0.2, 0.25) is 0 Å². The Morgan fingerprint density at radius 2 is 1.95 bits per heavy atom. The van der Waals surface area contributed by atoms with E-state index in [1.165, 1.54) is 6.07 Å². The molecule has 1 aromatic rings. The van der Waals surface area contributed by atoms with Crippen molar-refractivity contribution >= 4 is 31.3 Å². The Kier molecular flexibility index (Phi) is 3.73. The van der Waals surface area contributed by atoms with Crippen LogP contribution in [-0.2, 0) is 9.05 Å². The van der Waals surface area contributed by atoms with Gasteiger partial charge in [0.25, 0.3) is 15.0 Å². The Labute approximate surface area is 123 Å². The van der Waals surface area contributed by atoms with Gasteiger partial charge in [-0.25, -0.2) is 8.42 Å². The topological polar surface area (TPSA) is 66.5 Å². The molecule has 1 aliphatic rings. The number of carbonyl (C=O) groups is 1. The third kappa shape index (κ3) is 3.24. The SMILES string of the molecule is CN(C)c1ccc(C(=O)NC2(C)CC2)cc1S(=O)(=O)Cl. The van der Waals surface area contributed by atoms with E-state index in [0.717, 1.165) is 12.8 Å². The molecule has 0 spiro atoms. The Bertz CT molecular complexity index is 652. The van der Waals surface area contributed by atoms with Crippen LogP contribution >= 0.6 is 10.7 Å². The molecule has 2 rings (SSSR count). The first-order chi connectivity index (χ1) is 9.12. The number of hydrogen-bond acceptors (Lipinski definition) is 4. The van der Waals surface area contributed by atoms with Gasteiger partial charge in [-0.1, -0.05) is 0 Å². The Morgan fingerprint density at radius 3 is 2.40 bits per heavy atom. The predicted molar refractivity (Wildman–Crippen MR) is 78.9 cm³/mol. The minimum Gasteiger partial charge on any atom is -0.377 e. The van der Waals surface area contributed by atoms with Crippen molar-refractivity contribution in [2.24, 2.45) is 0 Å². The van der Waals surface area contributed by atoms with Crippen molar-refractivity contribution in [2.75, 3.05) is 19.0 Å². The zero-order valence-corrected chi connectivity index (χ0v) is 13.2. The fourth-order valence-corrected chi connectivity index (χ4v) is 3.02. The molecule has 0 aliphatic heterocycles. The van der Waals surface area contributed by atoms with E-state index in [2.05, 4.69) is 5.32 Å². The fourth-order valence-electron chi connectivity index (χ4n) is 1.88. The van der Waals surface area contributed by atoms with Gasteiger partial charge in [0.05, 0.1) is 5.69 Å². The highest BCUT2D eigenvalue weighted by atomic mass is 35.7. The first-order valence-electron chi connectivity index (χ1n) is 6.21. The molecular formula is C13H17ClN2O3S. The first kappa shape index (κ1) is 15.1. The number of halogens is 1. The maximum atomic E-state index is 12.1. The van der Waals surface area contributed by atoms with Crippen LogP contribution in [0.15, 0.2) is 23.1 Å². The lowest BCUT2D eigenvalue weighted by molar-refractivity contribution is 0.0935. The molecular weight excluding hydrogens is 300 g/mol. The lowest BCUT2D eigenvalue weighted by Crippen LogP contribution is -2.34. The number of nitrogens with one attached hydrogen (secondary N) is 1. The molecule has 0 radical (unpaired) electrons. The van der Waals surface area contributed by atoms with Crippen LogP contribution in [0.25, 0.3) is 0 Å². The van der Waals surface area contributed by atoms with Crippen molar-refractivity contribution in [1.29, 1.82) is 0 Å². The second kappa shape index (κ2) is 4.93. The Hall–Kier alpha value is -1.27. The first-order valence-corrected chi connectivity index (χ1v) is 8.52. The minimum absolute atomic E-state index is 0.0576. The number of benzene rings is 1. The molecule has 20 heavy (non-hydrogen) atoms. The highest BCUT2D eigenvalue weighted by molar-refractivity contribution is 8.13. The van der Waals surface area contributed by atoms with E-state index in [4.69, 9.17) is 10.7 Å². The van der Waals surface area contributed by atoms with Crippen LogP contribution in [0.1, 0.15) is 30.1 Å². The summed E-state index contributed by atoms with van der Waals surface area (Å²) >= 11 is 0. The average Bonchev–Trinajstić information content (AvgIpc) is 3.04. The van der Waals surface area contributed by atoms with Crippen molar-refractivity contribution in [1.82, 2.24) is 5.32 Å². The van der Waals surface area contributed by atoms with Crippen LogP contribution < -0.4 is 10.2 Å². The minimum atomic E-state index is -3.91. The largest absolute Gasteiger partial charge is 0.377 e. The molecule has 0 unspecified atom stereocenters. The van der Waals surface area contributed by atoms with E-state index in [-0.39, 0.29) is 16.3 Å². The Balaban J connectivity index is 2.39. The second-order valence-corrected chi connectivity index (χ2v) is 8.06. The maximum absolute atomic E-state index is 12.1. The average molecular weight is 317 g/mol. The number of carbonyl (C=O) groups excluding carboxylic acids is 1. The smallest absolute Gasteiger partial charge is 0.263 e. The molecule has 1 amide bonds. The van der Waals surface area contributed by atoms with E-state index in [9.17, 15) is 13.2 Å². The van der Waals surface area contributed by atoms with Crippen LogP contribution in [0.5, 0.6) is 0 Å². The molecule has 7 heteroatoms. The van der Waals surface area contributed by atoms with Crippen LogP contribution in [0, 0.1) is 0 Å². The van der Waals surface area contributed by atoms with Crippen molar-refractivity contribution < 1.29 is 13.2 Å². The van der Waals surface area contributed by atoms with Crippen molar-refractivity contribution in [3.8, 4) is 0 Å². The molecule has 1 N–H and O–H groups in total. The van der Waals surface area contributed by atoms with E-state index < -0.39 is 9.05 Å². The van der Waals surface area contributed by atoms with Gasteiger partial charge in [0.1, 0.15) is 4.90 Å². The van der Waals surface area contributed by atoms with Gasteiger partial charge in [-0.05, 0) is 38.0 Å². The zero-order chi connectivity index (χ0) is 15.1. The van der Waals surface area contributed by atoms with Gasteiger partial charge < -0.3 is 10.2 Å². The van der Waals surface area contributed by atoms with E-state index in [0.29, 0.717) is 11.3 Å². The summed E-state index contributed by atoms with van der Waals surface area (Å²) in [6, 6.07) is 4.50. The monoisotopic (exact) mass is 316 g/mol. The summed E-state index contributed by atoms with van der Waals surface area (Å²) in [5.41, 5.74) is 0.592. The van der Waals surface area contributed by atoms with Crippen LogP contribution in [0.4, 0.5) is 5.69 Å². The molecule has 110 valence electrons. The number of amides is 1. The highest BCUT2D eigenvalue weighted by Crippen LogP contribution is 2.35. The fraction of sp³-hybridized carbons (Fsp3) is 0.462. The van der Waals surface area contributed by atoms with E-state index >= 15 is 0 Å². The van der Waals surface area contributed by atoms with Crippen LogP contribution in [0.2, 0.25) is 0 Å². The summed E-state index contributed by atoms with van der Waals surface area (Å²) in [5, 5.41) is 2.88. The third-order valence-corrected chi connectivity index (χ3v) is 4.73. The number of hydrogen-bond donors (Lipinski definition) is 1. The van der Waals surface area contributed by atoms with Crippen molar-refractivity contribution in [2.45, 2.75) is 30.2 Å². The molecule has 0 atom stereocenters.